The van der Waals surface area contributed by atoms with Crippen LogP contribution < -0.4 is 5.32 Å². The molecule has 0 aliphatic rings. The molecule has 7 nitrogen and oxygen atoms in total. The maximum absolute atomic E-state index is 12.8. The Morgan fingerprint density at radius 3 is 2.71 bits per heavy atom. The summed E-state index contributed by atoms with van der Waals surface area (Å²) in [6.07, 6.45) is 1.48. The Kier molecular flexibility index (Phi) is 6.43. The van der Waals surface area contributed by atoms with E-state index in [-0.39, 0.29) is 11.8 Å². The molecule has 31 heavy (non-hydrogen) atoms. The molecule has 2 aromatic heterocycles. The van der Waals surface area contributed by atoms with E-state index >= 15 is 0 Å². The second-order valence-electron chi connectivity index (χ2n) is 6.75. The number of carbonyl (C=O) groups is 2. The predicted octanol–water partition coefficient (Wildman–Crippen LogP) is 4.45. The predicted molar refractivity (Wildman–Crippen MR) is 126 cm³/mol. The molecule has 0 atom stereocenters. The summed E-state index contributed by atoms with van der Waals surface area (Å²) in [7, 11) is 0. The number of carbonyl (C=O) groups excluding carboxylic acids is 2. The largest absolute Gasteiger partial charge is 0.343 e. The van der Waals surface area contributed by atoms with Crippen LogP contribution in [0.2, 0.25) is 0 Å². The van der Waals surface area contributed by atoms with E-state index in [0.29, 0.717) is 35.6 Å². The summed E-state index contributed by atoms with van der Waals surface area (Å²) in [5, 5.41) is 11.7. The van der Waals surface area contributed by atoms with Crippen molar-refractivity contribution in [2.24, 2.45) is 0 Å². The van der Waals surface area contributed by atoms with Crippen LogP contribution in [0.1, 0.15) is 24.2 Å². The molecule has 0 saturated heterocycles. The lowest BCUT2D eigenvalue weighted by molar-refractivity contribution is -0.127. The number of hydrogen-bond donors (Lipinski definition) is 1. The summed E-state index contributed by atoms with van der Waals surface area (Å²) in [5.74, 6) is 0.238. The molecule has 0 fully saturated rings. The molecule has 4 aromatic rings. The molecule has 0 bridgehead atoms. The first-order valence-electron chi connectivity index (χ1n) is 9.92. The number of anilines is 1. The number of thiazole rings is 1. The third-order valence-electron chi connectivity index (χ3n) is 4.85. The van der Waals surface area contributed by atoms with Crippen LogP contribution in [0.3, 0.4) is 0 Å². The first kappa shape index (κ1) is 21.2. The number of nitrogens with one attached hydrogen (secondary N) is 1. The van der Waals surface area contributed by atoms with E-state index in [1.165, 1.54) is 29.3 Å². The fraction of sp³-hybridized carbons (Fsp3) is 0.227. The molecule has 2 aromatic carbocycles. The van der Waals surface area contributed by atoms with Gasteiger partial charge in [-0.15, -0.1) is 11.3 Å². The molecule has 0 aliphatic heterocycles. The van der Waals surface area contributed by atoms with Gasteiger partial charge in [-0.1, -0.05) is 30.0 Å². The monoisotopic (exact) mass is 451 g/mol. The van der Waals surface area contributed by atoms with Crippen LogP contribution in [0.5, 0.6) is 0 Å². The van der Waals surface area contributed by atoms with Gasteiger partial charge in [0, 0.05) is 24.2 Å². The van der Waals surface area contributed by atoms with Crippen molar-refractivity contribution in [1.82, 2.24) is 20.1 Å². The Morgan fingerprint density at radius 2 is 1.90 bits per heavy atom. The zero-order chi connectivity index (χ0) is 21.8. The van der Waals surface area contributed by atoms with Gasteiger partial charge in [0.15, 0.2) is 4.34 Å². The third kappa shape index (κ3) is 4.67. The lowest BCUT2D eigenvalue weighted by atomic mass is 10.1. The second-order valence-corrected chi connectivity index (χ2v) is 9.00. The lowest BCUT2D eigenvalue weighted by Gasteiger charge is -2.17. The first-order chi connectivity index (χ1) is 15.1. The van der Waals surface area contributed by atoms with Crippen molar-refractivity contribution in [3.8, 4) is 0 Å². The fourth-order valence-corrected chi connectivity index (χ4v) is 5.23. The van der Waals surface area contributed by atoms with Gasteiger partial charge in [-0.05, 0) is 38.1 Å². The van der Waals surface area contributed by atoms with E-state index in [9.17, 15) is 9.59 Å². The maximum atomic E-state index is 12.8. The van der Waals surface area contributed by atoms with Gasteiger partial charge in [0.05, 0.1) is 33.2 Å². The highest BCUT2D eigenvalue weighted by Gasteiger charge is 2.14. The van der Waals surface area contributed by atoms with Gasteiger partial charge in [-0.3, -0.25) is 9.59 Å². The van der Waals surface area contributed by atoms with Crippen molar-refractivity contribution in [2.45, 2.75) is 18.2 Å². The van der Waals surface area contributed by atoms with Gasteiger partial charge < -0.3 is 10.2 Å². The van der Waals surface area contributed by atoms with Crippen molar-refractivity contribution in [3.05, 3.63) is 54.2 Å². The molecule has 4 rings (SSSR count). The zero-order valence-corrected chi connectivity index (χ0v) is 18.8. The minimum Gasteiger partial charge on any atom is -0.343 e. The molecule has 2 heterocycles. The van der Waals surface area contributed by atoms with E-state index in [0.717, 1.165) is 19.9 Å². The van der Waals surface area contributed by atoms with Gasteiger partial charge in [0.2, 0.25) is 5.91 Å². The van der Waals surface area contributed by atoms with Crippen molar-refractivity contribution in [3.63, 3.8) is 0 Å². The Bertz CT molecular complexity index is 1250. The molecule has 2 amide bonds. The molecule has 0 aliphatic carbocycles. The van der Waals surface area contributed by atoms with Gasteiger partial charge in [-0.25, -0.2) is 4.98 Å². The summed E-state index contributed by atoms with van der Waals surface area (Å²) < 4.78 is 1.79. The van der Waals surface area contributed by atoms with Gasteiger partial charge in [-0.2, -0.15) is 10.2 Å². The Hall–Kier alpha value is -3.04. The summed E-state index contributed by atoms with van der Waals surface area (Å²) in [4.78, 5) is 31.5. The Morgan fingerprint density at radius 1 is 1.10 bits per heavy atom. The van der Waals surface area contributed by atoms with E-state index in [2.05, 4.69) is 20.5 Å². The molecule has 0 saturated carbocycles. The van der Waals surface area contributed by atoms with Crippen LogP contribution in [0.4, 0.5) is 5.69 Å². The van der Waals surface area contributed by atoms with E-state index in [4.69, 9.17) is 0 Å². The first-order valence-corrected chi connectivity index (χ1v) is 11.7. The SMILES string of the molecule is CCN(CC)C(=O)CSc1nc2ccc(NC(=O)c3cnnc4ccccc34)cc2s1. The molecule has 1 N–H and O–H groups in total. The second kappa shape index (κ2) is 9.40. The fourth-order valence-electron chi connectivity index (χ4n) is 3.22. The molecular formula is C22H21N5O2S2. The molecule has 9 heteroatoms. The molecule has 158 valence electrons. The number of aromatic nitrogens is 3. The Labute approximate surface area is 187 Å². The van der Waals surface area contributed by atoms with Crippen LogP contribution in [0.15, 0.2) is 53.0 Å². The van der Waals surface area contributed by atoms with Crippen molar-refractivity contribution in [2.75, 3.05) is 24.2 Å². The highest BCUT2D eigenvalue weighted by molar-refractivity contribution is 8.01. The number of thioether (sulfide) groups is 1. The van der Waals surface area contributed by atoms with Crippen molar-refractivity contribution < 1.29 is 9.59 Å². The normalized spacial score (nSPS) is 11.0. The number of hydrogen-bond acceptors (Lipinski definition) is 7. The summed E-state index contributed by atoms with van der Waals surface area (Å²) in [6.45, 7) is 5.37. The minimum atomic E-state index is -0.241. The minimum absolute atomic E-state index is 0.111. The van der Waals surface area contributed by atoms with Crippen LogP contribution in [-0.4, -0.2) is 50.7 Å². The van der Waals surface area contributed by atoms with Gasteiger partial charge >= 0.3 is 0 Å². The van der Waals surface area contributed by atoms with Crippen LogP contribution in [0, 0.1) is 0 Å². The number of amides is 2. The number of fused-ring (bicyclic) bond motifs is 2. The Balaban J connectivity index is 1.49. The molecular weight excluding hydrogens is 430 g/mol. The van der Waals surface area contributed by atoms with Crippen LogP contribution in [-0.2, 0) is 4.79 Å². The summed E-state index contributed by atoms with van der Waals surface area (Å²) >= 11 is 2.96. The molecule has 0 spiro atoms. The van der Waals surface area contributed by atoms with Crippen LogP contribution >= 0.6 is 23.1 Å². The quantitative estimate of drug-likeness (QED) is 0.418. The van der Waals surface area contributed by atoms with Crippen LogP contribution in [0.25, 0.3) is 21.1 Å². The topological polar surface area (TPSA) is 88.1 Å². The van der Waals surface area contributed by atoms with Crippen molar-refractivity contribution >= 4 is 61.7 Å². The average Bonchev–Trinajstić information content (AvgIpc) is 3.20. The van der Waals surface area contributed by atoms with Crippen molar-refractivity contribution in [1.29, 1.82) is 0 Å². The highest BCUT2D eigenvalue weighted by atomic mass is 32.2. The maximum Gasteiger partial charge on any atom is 0.257 e. The number of rotatable bonds is 7. The van der Waals surface area contributed by atoms with Gasteiger partial charge in [0.25, 0.3) is 5.91 Å². The summed E-state index contributed by atoms with van der Waals surface area (Å²) in [5.41, 5.74) is 2.67. The lowest BCUT2D eigenvalue weighted by Crippen LogP contribution is -2.31. The standard InChI is InChI=1S/C22H21N5O2S2/c1-3-27(4-2)20(28)13-30-22-25-18-10-9-14(11-19(18)31-22)24-21(29)16-12-23-26-17-8-6-5-7-15(16)17/h5-12H,3-4,13H2,1-2H3,(H,24,29). The number of nitrogens with zero attached hydrogens (tertiary/aromatic N) is 4. The van der Waals surface area contributed by atoms with E-state index < -0.39 is 0 Å². The molecule has 0 unspecified atom stereocenters. The zero-order valence-electron chi connectivity index (χ0n) is 17.2. The summed E-state index contributed by atoms with van der Waals surface area (Å²) in [6, 6.07) is 13.0. The third-order valence-corrected chi connectivity index (χ3v) is 7.00. The van der Waals surface area contributed by atoms with E-state index in [1.807, 2.05) is 61.2 Å². The number of benzene rings is 2. The highest BCUT2D eigenvalue weighted by Crippen LogP contribution is 2.31. The molecule has 0 radical (unpaired) electrons. The van der Waals surface area contributed by atoms with Gasteiger partial charge in [0.1, 0.15) is 0 Å². The average molecular weight is 452 g/mol. The smallest absolute Gasteiger partial charge is 0.257 e. The van der Waals surface area contributed by atoms with E-state index in [1.54, 1.807) is 0 Å².